The Kier molecular flexibility index (Phi) is 5.14. The molecule has 0 spiro atoms. The first-order valence-electron chi connectivity index (χ1n) is 8.75. The van der Waals surface area contributed by atoms with Crippen LogP contribution < -0.4 is 14.5 Å². The molecule has 3 aromatic rings. The van der Waals surface area contributed by atoms with Crippen LogP contribution in [0.2, 0.25) is 0 Å². The van der Waals surface area contributed by atoms with Crippen LogP contribution in [-0.2, 0) is 6.54 Å². The number of benzene rings is 1. The molecule has 3 heterocycles. The number of carbonyl (C=O) groups excluding carboxylic acids is 1. The van der Waals surface area contributed by atoms with Gasteiger partial charge in [0.1, 0.15) is 0 Å². The Morgan fingerprint density at radius 2 is 2.26 bits per heavy atom. The first-order chi connectivity index (χ1) is 13.2. The summed E-state index contributed by atoms with van der Waals surface area (Å²) in [7, 11) is 0. The molecule has 136 valence electrons. The molecule has 9 heteroatoms. The number of fused-ring (bicyclic) bond motifs is 1. The van der Waals surface area contributed by atoms with Crippen molar-refractivity contribution in [1.82, 2.24) is 16.9 Å². The average molecular weight is 556 g/mol. The predicted octanol–water partition coefficient (Wildman–Crippen LogP) is 1.90. The molecule has 1 aromatic carbocycles. The molecule has 1 aliphatic rings. The number of rotatable bonds is 4. The van der Waals surface area contributed by atoms with Gasteiger partial charge in [-0.2, -0.15) is 0 Å². The summed E-state index contributed by atoms with van der Waals surface area (Å²) in [6, 6.07) is 5.75. The van der Waals surface area contributed by atoms with E-state index in [-0.39, 0.29) is 6.03 Å². The van der Waals surface area contributed by atoms with Gasteiger partial charge in [-0.25, -0.2) is 4.98 Å². The van der Waals surface area contributed by atoms with Crippen molar-refractivity contribution in [2.45, 2.75) is 13.5 Å². The Morgan fingerprint density at radius 3 is 2.96 bits per heavy atom. The number of nitrogens with zero attached hydrogens (tertiary/aromatic N) is 6. The van der Waals surface area contributed by atoms with E-state index in [2.05, 4.69) is 23.4 Å². The van der Waals surface area contributed by atoms with Gasteiger partial charge in [-0.05, 0) is 0 Å². The molecule has 0 radical (unpaired) electrons. The second-order valence-electron chi connectivity index (χ2n) is 6.23. The molecule has 8 nitrogen and oxygen atoms in total. The molecule has 0 atom stereocenters. The van der Waals surface area contributed by atoms with Crippen LogP contribution in [0.15, 0.2) is 49.4 Å². The van der Waals surface area contributed by atoms with Crippen molar-refractivity contribution >= 4 is 43.5 Å². The number of anilines is 2. The molecule has 2 aromatic heterocycles. The fourth-order valence-corrected chi connectivity index (χ4v) is 4.12. The number of amides is 1. The van der Waals surface area contributed by atoms with Gasteiger partial charge >= 0.3 is 163 Å². The van der Waals surface area contributed by atoms with Crippen molar-refractivity contribution in [1.29, 1.82) is 0 Å². The van der Waals surface area contributed by atoms with Crippen LogP contribution in [0.5, 0.6) is 5.75 Å². The monoisotopic (exact) mass is 556 g/mol. The Labute approximate surface area is 173 Å². The zero-order valence-electron chi connectivity index (χ0n) is 15.0. The number of aromatic nitrogens is 4. The van der Waals surface area contributed by atoms with Crippen molar-refractivity contribution in [2.75, 3.05) is 29.5 Å². The van der Waals surface area contributed by atoms with Gasteiger partial charge in [0.15, 0.2) is 0 Å². The molecule has 0 saturated carbocycles. The van der Waals surface area contributed by atoms with E-state index in [1.165, 1.54) is 10.9 Å². The van der Waals surface area contributed by atoms with Crippen LogP contribution >= 0.6 is 0 Å². The van der Waals surface area contributed by atoms with E-state index >= 15 is 0 Å². The summed E-state index contributed by atoms with van der Waals surface area (Å²) in [5.74, 6) is 0.836. The average Bonchev–Trinajstić information content (AvgIpc) is 3.35. The number of hydrogen-bond acceptors (Lipinski definition) is 5. The van der Waals surface area contributed by atoms with Crippen LogP contribution in [0.3, 0.4) is 0 Å². The van der Waals surface area contributed by atoms with Gasteiger partial charge in [-0.15, -0.1) is 0 Å². The summed E-state index contributed by atoms with van der Waals surface area (Å²) in [6.07, 6.45) is 8.74. The molecule has 1 aliphatic heterocycles. The Morgan fingerprint density at radius 1 is 1.37 bits per heavy atom. The van der Waals surface area contributed by atoms with E-state index in [1.54, 1.807) is 17.3 Å². The molecule has 0 aliphatic carbocycles. The van der Waals surface area contributed by atoms with Crippen LogP contribution in [0.1, 0.15) is 12.6 Å². The van der Waals surface area contributed by atoms with Crippen LogP contribution in [0, 0.1) is 0 Å². The van der Waals surface area contributed by atoms with Crippen molar-refractivity contribution in [3.63, 3.8) is 0 Å². The molecule has 0 fully saturated rings. The van der Waals surface area contributed by atoms with Crippen LogP contribution in [0.4, 0.5) is 16.2 Å². The van der Waals surface area contributed by atoms with Crippen molar-refractivity contribution in [2.24, 2.45) is 0 Å². The molecule has 27 heavy (non-hydrogen) atoms. The molecular formula is C18H19N6O2Tl. The number of carbonyl (C=O) groups is 1. The Bertz CT molecular complexity index is 939. The zero-order valence-corrected chi connectivity index (χ0v) is 19.5. The summed E-state index contributed by atoms with van der Waals surface area (Å²) in [5, 5.41) is 0. The van der Waals surface area contributed by atoms with Gasteiger partial charge in [0, 0.05) is 6.20 Å². The summed E-state index contributed by atoms with van der Waals surface area (Å²) >= 11 is 0.715. The van der Waals surface area contributed by atoms with E-state index in [0.29, 0.717) is 39.2 Å². The first-order valence-corrected chi connectivity index (χ1v) is 10.8. The number of hydrogen-bond donors (Lipinski definition) is 0. The normalized spacial score (nSPS) is 13.1. The van der Waals surface area contributed by atoms with Gasteiger partial charge in [0.2, 0.25) is 0 Å². The maximum atomic E-state index is 12.8. The third-order valence-electron chi connectivity index (χ3n) is 4.49. The maximum absolute atomic E-state index is 12.8. The summed E-state index contributed by atoms with van der Waals surface area (Å²) < 4.78 is 9.41. The van der Waals surface area contributed by atoms with E-state index in [4.69, 9.17) is 4.74 Å². The quantitative estimate of drug-likeness (QED) is 0.460. The third-order valence-corrected chi connectivity index (χ3v) is 5.59. The van der Waals surface area contributed by atoms with Gasteiger partial charge in [0.25, 0.3) is 0 Å². The van der Waals surface area contributed by atoms with E-state index in [1.807, 2.05) is 31.5 Å². The molecule has 0 saturated heterocycles. The second-order valence-corrected chi connectivity index (χ2v) is 8.55. The number of imidazole rings is 2. The van der Waals surface area contributed by atoms with Gasteiger partial charge < -0.3 is 0 Å². The fraction of sp³-hybridized carbons (Fsp3) is 0.278. The minimum absolute atomic E-state index is 0.131. The number of ether oxygens (including phenoxy) is 1. The SMILES string of the molecule is CCN(C(=O)n1ccnc1)c1ccc2c(c1)N(Cc1c[n]([Tl])cn1)CCO2. The van der Waals surface area contributed by atoms with Crippen molar-refractivity contribution in [3.8, 4) is 5.75 Å². The Hall–Kier alpha value is -2.37. The van der Waals surface area contributed by atoms with E-state index < -0.39 is 0 Å². The molecule has 0 bridgehead atoms. The van der Waals surface area contributed by atoms with Gasteiger partial charge in [-0.3, -0.25) is 0 Å². The molecule has 4 rings (SSSR count). The topological polar surface area (TPSA) is 68.4 Å². The molecule has 1 amide bonds. The van der Waals surface area contributed by atoms with Crippen LogP contribution in [-0.4, -0.2) is 68.7 Å². The van der Waals surface area contributed by atoms with Crippen LogP contribution in [0.25, 0.3) is 0 Å². The summed E-state index contributed by atoms with van der Waals surface area (Å²) in [5.41, 5.74) is 2.86. The van der Waals surface area contributed by atoms with Gasteiger partial charge in [-0.1, -0.05) is 0 Å². The molecule has 0 unspecified atom stereocenters. The first kappa shape index (κ1) is 18.0. The van der Waals surface area contributed by atoms with E-state index in [9.17, 15) is 4.79 Å². The van der Waals surface area contributed by atoms with Crippen molar-refractivity contribution in [3.05, 3.63) is 55.1 Å². The predicted molar refractivity (Wildman–Crippen MR) is 102 cm³/mol. The second kappa shape index (κ2) is 7.71. The summed E-state index contributed by atoms with van der Waals surface area (Å²) in [6.45, 7) is 4.67. The minimum atomic E-state index is -0.131. The van der Waals surface area contributed by atoms with Gasteiger partial charge in [0.05, 0.1) is 0 Å². The Balaban J connectivity index is 1.64. The summed E-state index contributed by atoms with van der Waals surface area (Å²) in [4.78, 5) is 25.2. The van der Waals surface area contributed by atoms with E-state index in [0.717, 1.165) is 35.9 Å². The standard InChI is InChI=1S/C18H19N6O2.Tl/c1-2-24(18(25)23-6-5-19-13-23)15-3-4-17-16(9-15)22(7-8-26-17)11-14-10-20-12-21-14;/h3-6,9-10,12-13H,2,7-8,11H2,1H3;/q-1;+1. The fourth-order valence-electron chi connectivity index (χ4n) is 3.19. The third kappa shape index (κ3) is 3.71. The molecular weight excluding hydrogens is 537 g/mol. The zero-order chi connectivity index (χ0) is 18.8. The molecule has 0 N–H and O–H groups in total. The van der Waals surface area contributed by atoms with Crippen molar-refractivity contribution < 1.29 is 9.53 Å².